The molecule has 0 aromatic heterocycles. The highest BCUT2D eigenvalue weighted by molar-refractivity contribution is 9.10. The number of aliphatic hydroxyl groups excluding tert-OH is 1. The number of hydrogen-bond acceptors (Lipinski definition) is 2. The maximum absolute atomic E-state index is 13.4. The van der Waals surface area contributed by atoms with Crippen molar-refractivity contribution in [3.63, 3.8) is 0 Å². The minimum Gasteiger partial charge on any atom is -0.396 e. The van der Waals surface area contributed by atoms with E-state index < -0.39 is 0 Å². The first-order valence-electron chi connectivity index (χ1n) is 6.96. The molecule has 0 aliphatic heterocycles. The summed E-state index contributed by atoms with van der Waals surface area (Å²) in [5.74, 6) is 0.771. The zero-order chi connectivity index (χ0) is 13.7. The van der Waals surface area contributed by atoms with E-state index in [2.05, 4.69) is 21.2 Å². The van der Waals surface area contributed by atoms with Gasteiger partial charge < -0.3 is 10.4 Å². The van der Waals surface area contributed by atoms with Crippen LogP contribution in [0, 0.1) is 17.7 Å². The second kappa shape index (κ2) is 7.36. The molecule has 1 aromatic rings. The molecule has 0 spiro atoms. The van der Waals surface area contributed by atoms with Gasteiger partial charge in [-0.1, -0.05) is 18.9 Å². The largest absolute Gasteiger partial charge is 0.396 e. The zero-order valence-electron chi connectivity index (χ0n) is 11.0. The Morgan fingerprint density at radius 1 is 1.26 bits per heavy atom. The fraction of sp³-hybridized carbons (Fsp3) is 0.600. The number of halogens is 2. The SMILES string of the molecule is OCC1CCCCC1CNCc1ccc(Br)c(F)c1. The Morgan fingerprint density at radius 2 is 2.00 bits per heavy atom. The quantitative estimate of drug-likeness (QED) is 0.866. The Hall–Kier alpha value is -0.450. The van der Waals surface area contributed by atoms with Crippen LogP contribution < -0.4 is 5.32 Å². The van der Waals surface area contributed by atoms with Crippen LogP contribution in [0.4, 0.5) is 4.39 Å². The summed E-state index contributed by atoms with van der Waals surface area (Å²) in [4.78, 5) is 0. The van der Waals surface area contributed by atoms with E-state index in [4.69, 9.17) is 0 Å². The van der Waals surface area contributed by atoms with Crippen molar-refractivity contribution >= 4 is 15.9 Å². The van der Waals surface area contributed by atoms with Gasteiger partial charge in [0.15, 0.2) is 0 Å². The Morgan fingerprint density at radius 3 is 2.68 bits per heavy atom. The summed E-state index contributed by atoms with van der Waals surface area (Å²) >= 11 is 3.15. The molecular formula is C15H21BrFNO. The predicted molar refractivity (Wildman–Crippen MR) is 78.3 cm³/mol. The van der Waals surface area contributed by atoms with Crippen molar-refractivity contribution in [2.24, 2.45) is 11.8 Å². The molecule has 2 nitrogen and oxygen atoms in total. The fourth-order valence-corrected chi connectivity index (χ4v) is 3.09. The van der Waals surface area contributed by atoms with Gasteiger partial charge >= 0.3 is 0 Å². The standard InChI is InChI=1S/C15H21BrFNO/c16-14-6-5-11(7-15(14)17)8-18-9-12-3-1-2-4-13(12)10-19/h5-7,12-13,18-19H,1-4,8-10H2. The topological polar surface area (TPSA) is 32.3 Å². The van der Waals surface area contributed by atoms with Crippen molar-refractivity contribution in [1.29, 1.82) is 0 Å². The summed E-state index contributed by atoms with van der Waals surface area (Å²) in [5, 5.41) is 12.8. The first kappa shape index (κ1) is 14.9. The summed E-state index contributed by atoms with van der Waals surface area (Å²) in [7, 11) is 0. The van der Waals surface area contributed by atoms with Gasteiger partial charge in [-0.15, -0.1) is 0 Å². The normalized spacial score (nSPS) is 23.5. The van der Waals surface area contributed by atoms with E-state index in [-0.39, 0.29) is 5.82 Å². The number of benzene rings is 1. The lowest BCUT2D eigenvalue weighted by atomic mass is 9.79. The molecule has 0 amide bonds. The highest BCUT2D eigenvalue weighted by Crippen LogP contribution is 2.29. The van der Waals surface area contributed by atoms with Crippen LogP contribution in [0.3, 0.4) is 0 Å². The molecule has 0 heterocycles. The van der Waals surface area contributed by atoms with E-state index in [0.29, 0.717) is 29.5 Å². The van der Waals surface area contributed by atoms with Crippen LogP contribution in [0.15, 0.2) is 22.7 Å². The Kier molecular flexibility index (Phi) is 5.79. The minimum atomic E-state index is -0.217. The first-order valence-corrected chi connectivity index (χ1v) is 7.75. The molecule has 2 atom stereocenters. The Bertz CT molecular complexity index is 413. The number of rotatable bonds is 5. The summed E-state index contributed by atoms with van der Waals surface area (Å²) in [6.45, 7) is 1.88. The molecule has 1 aliphatic carbocycles. The molecule has 19 heavy (non-hydrogen) atoms. The second-order valence-electron chi connectivity index (χ2n) is 5.37. The lowest BCUT2D eigenvalue weighted by Gasteiger charge is -2.30. The lowest BCUT2D eigenvalue weighted by molar-refractivity contribution is 0.133. The second-order valence-corrected chi connectivity index (χ2v) is 6.22. The van der Waals surface area contributed by atoms with Crippen LogP contribution in [0.25, 0.3) is 0 Å². The summed E-state index contributed by atoms with van der Waals surface area (Å²) in [5.41, 5.74) is 0.956. The van der Waals surface area contributed by atoms with Gasteiger partial charge in [-0.3, -0.25) is 0 Å². The van der Waals surface area contributed by atoms with Gasteiger partial charge in [0, 0.05) is 13.2 Å². The number of nitrogens with one attached hydrogen (secondary N) is 1. The molecular weight excluding hydrogens is 309 g/mol. The van der Waals surface area contributed by atoms with Crippen molar-refractivity contribution in [3.05, 3.63) is 34.1 Å². The summed E-state index contributed by atoms with van der Waals surface area (Å²) in [6, 6.07) is 5.22. The lowest BCUT2D eigenvalue weighted by Crippen LogP contribution is -2.32. The van der Waals surface area contributed by atoms with Gasteiger partial charge in [-0.25, -0.2) is 4.39 Å². The molecule has 0 radical (unpaired) electrons. The van der Waals surface area contributed by atoms with Crippen LogP contribution >= 0.6 is 15.9 Å². The molecule has 1 fully saturated rings. The molecule has 2 unspecified atom stereocenters. The average molecular weight is 330 g/mol. The van der Waals surface area contributed by atoms with E-state index in [1.54, 1.807) is 12.1 Å². The molecule has 4 heteroatoms. The van der Waals surface area contributed by atoms with Gasteiger partial charge in [0.1, 0.15) is 5.82 Å². The number of hydrogen-bond donors (Lipinski definition) is 2. The molecule has 0 saturated heterocycles. The number of aliphatic hydroxyl groups is 1. The van der Waals surface area contributed by atoms with E-state index in [9.17, 15) is 9.50 Å². The maximum Gasteiger partial charge on any atom is 0.137 e. The Labute approximate surface area is 122 Å². The van der Waals surface area contributed by atoms with Crippen molar-refractivity contribution in [3.8, 4) is 0 Å². The average Bonchev–Trinajstić information content (AvgIpc) is 2.43. The first-order chi connectivity index (χ1) is 9.20. The van der Waals surface area contributed by atoms with Gasteiger partial charge in [0.05, 0.1) is 4.47 Å². The van der Waals surface area contributed by atoms with Crippen molar-refractivity contribution < 1.29 is 9.50 Å². The third-order valence-electron chi connectivity index (χ3n) is 4.02. The van der Waals surface area contributed by atoms with E-state index >= 15 is 0 Å². The molecule has 2 rings (SSSR count). The fourth-order valence-electron chi connectivity index (χ4n) is 2.85. The van der Waals surface area contributed by atoms with E-state index in [0.717, 1.165) is 18.5 Å². The highest BCUT2D eigenvalue weighted by atomic mass is 79.9. The van der Waals surface area contributed by atoms with Crippen LogP contribution in [0.2, 0.25) is 0 Å². The van der Waals surface area contributed by atoms with Crippen LogP contribution in [-0.2, 0) is 6.54 Å². The minimum absolute atomic E-state index is 0.217. The summed E-state index contributed by atoms with van der Waals surface area (Å²) in [6.07, 6.45) is 4.82. The molecule has 1 saturated carbocycles. The third kappa shape index (κ3) is 4.26. The third-order valence-corrected chi connectivity index (χ3v) is 4.66. The predicted octanol–water partition coefficient (Wildman–Crippen LogP) is 3.48. The zero-order valence-corrected chi connectivity index (χ0v) is 12.6. The highest BCUT2D eigenvalue weighted by Gasteiger charge is 2.23. The maximum atomic E-state index is 13.4. The smallest absolute Gasteiger partial charge is 0.137 e. The molecule has 106 valence electrons. The molecule has 1 aliphatic rings. The van der Waals surface area contributed by atoms with E-state index in [1.165, 1.54) is 19.3 Å². The van der Waals surface area contributed by atoms with Gasteiger partial charge in [-0.2, -0.15) is 0 Å². The summed E-state index contributed by atoms with van der Waals surface area (Å²) < 4.78 is 13.9. The monoisotopic (exact) mass is 329 g/mol. The van der Waals surface area contributed by atoms with Gasteiger partial charge in [0.2, 0.25) is 0 Å². The van der Waals surface area contributed by atoms with Crippen molar-refractivity contribution in [2.75, 3.05) is 13.2 Å². The Balaban J connectivity index is 1.80. The molecule has 0 bridgehead atoms. The molecule has 2 N–H and O–H groups in total. The van der Waals surface area contributed by atoms with Crippen molar-refractivity contribution in [2.45, 2.75) is 32.2 Å². The molecule has 1 aromatic carbocycles. The van der Waals surface area contributed by atoms with Crippen LogP contribution in [0.1, 0.15) is 31.2 Å². The van der Waals surface area contributed by atoms with Crippen LogP contribution in [-0.4, -0.2) is 18.3 Å². The van der Waals surface area contributed by atoms with Crippen molar-refractivity contribution in [1.82, 2.24) is 5.32 Å². The van der Waals surface area contributed by atoms with Gasteiger partial charge in [0.25, 0.3) is 0 Å². The van der Waals surface area contributed by atoms with Gasteiger partial charge in [-0.05, 0) is 64.8 Å². The van der Waals surface area contributed by atoms with E-state index in [1.807, 2.05) is 6.07 Å². The van der Waals surface area contributed by atoms with Crippen LogP contribution in [0.5, 0.6) is 0 Å².